The number of rotatable bonds is 6. The Labute approximate surface area is 173 Å². The number of aromatic nitrogens is 2. The van der Waals surface area contributed by atoms with Crippen molar-refractivity contribution < 1.29 is 14.3 Å². The maximum Gasteiger partial charge on any atom is 0.342 e. The van der Waals surface area contributed by atoms with Gasteiger partial charge in [-0.3, -0.25) is 4.79 Å². The lowest BCUT2D eigenvalue weighted by atomic mass is 10.1. The Balaban J connectivity index is 1.64. The largest absolute Gasteiger partial charge is 0.449 e. The summed E-state index contributed by atoms with van der Waals surface area (Å²) in [5.41, 5.74) is 2.28. The predicted octanol–water partition coefficient (Wildman–Crippen LogP) is 4.02. The van der Waals surface area contributed by atoms with Crippen molar-refractivity contribution in [3.05, 3.63) is 71.4 Å². The van der Waals surface area contributed by atoms with E-state index < -0.39 is 12.1 Å². The van der Waals surface area contributed by atoms with Crippen molar-refractivity contribution in [1.82, 2.24) is 15.1 Å². The molecule has 29 heavy (non-hydrogen) atoms. The van der Waals surface area contributed by atoms with Gasteiger partial charge in [-0.1, -0.05) is 41.9 Å². The number of ether oxygens (including phenoxy) is 1. The lowest BCUT2D eigenvalue weighted by Crippen LogP contribution is -2.37. The third-order valence-electron chi connectivity index (χ3n) is 4.65. The van der Waals surface area contributed by atoms with E-state index in [1.165, 1.54) is 0 Å². The van der Waals surface area contributed by atoms with Crippen molar-refractivity contribution in [2.45, 2.75) is 31.9 Å². The van der Waals surface area contributed by atoms with Crippen molar-refractivity contribution in [2.75, 3.05) is 0 Å². The molecule has 1 aromatic heterocycles. The minimum Gasteiger partial charge on any atom is -0.449 e. The van der Waals surface area contributed by atoms with Gasteiger partial charge < -0.3 is 10.1 Å². The number of para-hydroxylation sites is 1. The molecule has 0 radical (unpaired) electrons. The molecule has 1 heterocycles. The molecule has 0 unspecified atom stereocenters. The summed E-state index contributed by atoms with van der Waals surface area (Å²) in [5.74, 6) is -0.889. The SMILES string of the molecule is C[C@@H](OC(=O)c1cn(-c2ccccc2)nc1-c1ccc(Cl)cc1)C(=O)NC1CC1. The quantitative estimate of drug-likeness (QED) is 0.624. The van der Waals surface area contributed by atoms with Gasteiger partial charge in [0.15, 0.2) is 6.10 Å². The van der Waals surface area contributed by atoms with Crippen molar-refractivity contribution in [3.8, 4) is 16.9 Å². The molecule has 1 aliphatic rings. The lowest BCUT2D eigenvalue weighted by Gasteiger charge is -2.13. The molecule has 2 aromatic carbocycles. The monoisotopic (exact) mass is 409 g/mol. The minimum absolute atomic E-state index is 0.203. The van der Waals surface area contributed by atoms with Gasteiger partial charge in [-0.2, -0.15) is 5.10 Å². The van der Waals surface area contributed by atoms with Crippen molar-refractivity contribution in [1.29, 1.82) is 0 Å². The van der Waals surface area contributed by atoms with Gasteiger partial charge in [0, 0.05) is 22.8 Å². The summed E-state index contributed by atoms with van der Waals surface area (Å²) in [6.45, 7) is 1.57. The molecule has 0 aliphatic heterocycles. The van der Waals surface area contributed by atoms with E-state index in [0.717, 1.165) is 24.1 Å². The summed E-state index contributed by atoms with van der Waals surface area (Å²) >= 11 is 5.99. The summed E-state index contributed by atoms with van der Waals surface area (Å²) in [6, 6.07) is 16.7. The number of halogens is 1. The van der Waals surface area contributed by atoms with E-state index in [9.17, 15) is 9.59 Å². The molecule has 0 saturated heterocycles. The van der Waals surface area contributed by atoms with Crippen molar-refractivity contribution in [2.24, 2.45) is 0 Å². The number of benzene rings is 2. The van der Waals surface area contributed by atoms with Crippen LogP contribution in [0, 0.1) is 0 Å². The van der Waals surface area contributed by atoms with E-state index in [1.807, 2.05) is 30.3 Å². The highest BCUT2D eigenvalue weighted by atomic mass is 35.5. The molecule has 0 bridgehead atoms. The second kappa shape index (κ2) is 8.09. The molecule has 4 rings (SSSR count). The molecule has 1 fully saturated rings. The molecule has 1 aliphatic carbocycles. The number of carbonyl (C=O) groups excluding carboxylic acids is 2. The summed E-state index contributed by atoms with van der Waals surface area (Å²) in [6.07, 6.45) is 2.67. The van der Waals surface area contributed by atoms with Crippen LogP contribution in [-0.4, -0.2) is 33.8 Å². The zero-order chi connectivity index (χ0) is 20.4. The molecule has 1 amide bonds. The molecular formula is C22H20ClN3O3. The number of hydrogen-bond acceptors (Lipinski definition) is 4. The fraction of sp³-hybridized carbons (Fsp3) is 0.227. The van der Waals surface area contributed by atoms with Gasteiger partial charge in [0.2, 0.25) is 0 Å². The Hall–Kier alpha value is -3.12. The fourth-order valence-electron chi connectivity index (χ4n) is 2.88. The van der Waals surface area contributed by atoms with Crippen LogP contribution in [0.1, 0.15) is 30.1 Å². The van der Waals surface area contributed by atoms with Crippen LogP contribution in [0.15, 0.2) is 60.8 Å². The molecule has 7 heteroatoms. The minimum atomic E-state index is -0.888. The standard InChI is InChI=1S/C22H20ClN3O3/c1-14(21(27)24-17-11-12-17)29-22(28)19-13-26(18-5-3-2-4-6-18)25-20(19)15-7-9-16(23)10-8-15/h2-10,13-14,17H,11-12H2,1H3,(H,24,27)/t14-/m1/s1. The van der Waals surface area contributed by atoms with Crippen LogP contribution in [0.2, 0.25) is 5.02 Å². The highest BCUT2D eigenvalue weighted by Crippen LogP contribution is 2.26. The van der Waals surface area contributed by atoms with Crippen LogP contribution in [-0.2, 0) is 9.53 Å². The van der Waals surface area contributed by atoms with Gasteiger partial charge in [-0.05, 0) is 44.0 Å². The Morgan fingerprint density at radius 3 is 2.48 bits per heavy atom. The van der Waals surface area contributed by atoms with Gasteiger partial charge in [-0.25, -0.2) is 9.48 Å². The van der Waals surface area contributed by atoms with Crippen LogP contribution in [0.5, 0.6) is 0 Å². The molecule has 0 spiro atoms. The molecule has 6 nitrogen and oxygen atoms in total. The fourth-order valence-corrected chi connectivity index (χ4v) is 3.01. The third kappa shape index (κ3) is 4.49. The van der Waals surface area contributed by atoms with Crippen LogP contribution >= 0.6 is 11.6 Å². The maximum absolute atomic E-state index is 12.9. The maximum atomic E-state index is 12.9. The normalized spacial score (nSPS) is 14.3. The van der Waals surface area contributed by atoms with E-state index >= 15 is 0 Å². The molecule has 148 valence electrons. The van der Waals surface area contributed by atoms with Crippen LogP contribution in [0.3, 0.4) is 0 Å². The van der Waals surface area contributed by atoms with E-state index in [2.05, 4.69) is 10.4 Å². The summed E-state index contributed by atoms with van der Waals surface area (Å²) < 4.78 is 7.05. The first kappa shape index (κ1) is 19.2. The Kier molecular flexibility index (Phi) is 5.36. The highest BCUT2D eigenvalue weighted by Gasteiger charge is 2.28. The predicted molar refractivity (Wildman–Crippen MR) is 110 cm³/mol. The van der Waals surface area contributed by atoms with Gasteiger partial charge in [0.1, 0.15) is 11.3 Å². The zero-order valence-corrected chi connectivity index (χ0v) is 16.6. The molecule has 3 aromatic rings. The van der Waals surface area contributed by atoms with Gasteiger partial charge in [0.05, 0.1) is 5.69 Å². The molecule has 1 N–H and O–H groups in total. The number of esters is 1. The number of amides is 1. The van der Waals surface area contributed by atoms with Gasteiger partial charge >= 0.3 is 5.97 Å². The van der Waals surface area contributed by atoms with Crippen molar-refractivity contribution in [3.63, 3.8) is 0 Å². The summed E-state index contributed by atoms with van der Waals surface area (Å²) in [5, 5.41) is 8.02. The smallest absolute Gasteiger partial charge is 0.342 e. The summed E-state index contributed by atoms with van der Waals surface area (Å²) in [4.78, 5) is 25.0. The molecule has 1 atom stereocenters. The number of nitrogens with zero attached hydrogens (tertiary/aromatic N) is 2. The van der Waals surface area contributed by atoms with E-state index in [0.29, 0.717) is 10.7 Å². The summed E-state index contributed by atoms with van der Waals surface area (Å²) in [7, 11) is 0. The lowest BCUT2D eigenvalue weighted by molar-refractivity contribution is -0.129. The second-order valence-electron chi connectivity index (χ2n) is 7.01. The molecular weight excluding hydrogens is 390 g/mol. The Morgan fingerprint density at radius 2 is 1.83 bits per heavy atom. The number of hydrogen-bond donors (Lipinski definition) is 1. The van der Waals surface area contributed by atoms with E-state index in [-0.39, 0.29) is 17.5 Å². The first-order chi connectivity index (χ1) is 14.0. The van der Waals surface area contributed by atoms with E-state index in [4.69, 9.17) is 16.3 Å². The average Bonchev–Trinajstić information content (AvgIpc) is 3.43. The Morgan fingerprint density at radius 1 is 1.14 bits per heavy atom. The average molecular weight is 410 g/mol. The Bertz CT molecular complexity index is 1030. The number of carbonyl (C=O) groups is 2. The van der Waals surface area contributed by atoms with Crippen molar-refractivity contribution >= 4 is 23.5 Å². The number of nitrogens with one attached hydrogen (secondary N) is 1. The van der Waals surface area contributed by atoms with Crippen LogP contribution in [0.25, 0.3) is 16.9 Å². The van der Waals surface area contributed by atoms with Crippen LogP contribution in [0.4, 0.5) is 0 Å². The topological polar surface area (TPSA) is 73.2 Å². The third-order valence-corrected chi connectivity index (χ3v) is 4.90. The highest BCUT2D eigenvalue weighted by molar-refractivity contribution is 6.30. The first-order valence-corrected chi connectivity index (χ1v) is 9.81. The molecule has 1 saturated carbocycles. The second-order valence-corrected chi connectivity index (χ2v) is 7.45. The van der Waals surface area contributed by atoms with Gasteiger partial charge in [0.25, 0.3) is 5.91 Å². The van der Waals surface area contributed by atoms with E-state index in [1.54, 1.807) is 42.1 Å². The first-order valence-electron chi connectivity index (χ1n) is 9.43. The van der Waals surface area contributed by atoms with Crippen LogP contribution < -0.4 is 5.32 Å². The zero-order valence-electron chi connectivity index (χ0n) is 15.8. The van der Waals surface area contributed by atoms with Gasteiger partial charge in [-0.15, -0.1) is 0 Å².